The molecule has 0 aliphatic heterocycles. The Morgan fingerprint density at radius 2 is 1.96 bits per heavy atom. The molecule has 1 unspecified atom stereocenters. The lowest BCUT2D eigenvalue weighted by atomic mass is 10.00. The number of thioether (sulfide) groups is 1. The van der Waals surface area contributed by atoms with Crippen LogP contribution in [0.2, 0.25) is 0 Å². The Morgan fingerprint density at radius 3 is 2.61 bits per heavy atom. The van der Waals surface area contributed by atoms with Crippen molar-refractivity contribution >= 4 is 34.6 Å². The smallest absolute Gasteiger partial charge is 0.339 e. The zero-order chi connectivity index (χ0) is 20.8. The van der Waals surface area contributed by atoms with Crippen LogP contribution >= 0.6 is 11.8 Å². The molecule has 0 fully saturated rings. The molecule has 2 aromatic rings. The number of benzene rings is 1. The Morgan fingerprint density at radius 1 is 1.25 bits per heavy atom. The molecular formula is C20H25NO6S. The normalized spacial score (nSPS) is 12.1. The van der Waals surface area contributed by atoms with Crippen LogP contribution in [0.1, 0.15) is 36.5 Å². The van der Waals surface area contributed by atoms with Crippen LogP contribution in [0.15, 0.2) is 21.3 Å². The molecule has 0 saturated carbocycles. The number of hydrogen-bond donors (Lipinski definition) is 3. The maximum atomic E-state index is 12.4. The molecule has 152 valence electrons. The largest absolute Gasteiger partial charge is 0.508 e. The second-order valence-corrected chi connectivity index (χ2v) is 7.92. The number of carbonyl (C=O) groups is 2. The van der Waals surface area contributed by atoms with E-state index in [2.05, 4.69) is 5.32 Å². The van der Waals surface area contributed by atoms with E-state index in [1.165, 1.54) is 6.07 Å². The van der Waals surface area contributed by atoms with Crippen molar-refractivity contribution in [3.8, 4) is 5.75 Å². The first kappa shape index (κ1) is 21.8. The Labute approximate surface area is 167 Å². The van der Waals surface area contributed by atoms with Gasteiger partial charge in [-0.05, 0) is 55.9 Å². The number of phenols is 1. The standard InChI is InChI=1S/C20H25NO6S/c1-4-28-10-9-15(19(24)25)21-17(23)8-6-14-11(2)13-5-7-16(22)12(3)18(13)27-20(14)26/h5,7,15,22H,4,6,8-10H2,1-3H3,(H,21,23)(H,24,25). The summed E-state index contributed by atoms with van der Waals surface area (Å²) in [6.07, 6.45) is 0.476. The van der Waals surface area contributed by atoms with Crippen LogP contribution in [0, 0.1) is 13.8 Å². The van der Waals surface area contributed by atoms with Crippen LogP contribution in [0.3, 0.4) is 0 Å². The molecule has 0 spiro atoms. The molecule has 1 aromatic heterocycles. The number of aromatic hydroxyl groups is 1. The van der Waals surface area contributed by atoms with E-state index in [1.54, 1.807) is 31.7 Å². The summed E-state index contributed by atoms with van der Waals surface area (Å²) in [7, 11) is 0. The molecule has 0 aliphatic carbocycles. The zero-order valence-electron chi connectivity index (χ0n) is 16.2. The summed E-state index contributed by atoms with van der Waals surface area (Å²) in [6, 6.07) is 2.27. The van der Waals surface area contributed by atoms with Crippen molar-refractivity contribution in [3.63, 3.8) is 0 Å². The van der Waals surface area contributed by atoms with Crippen LogP contribution in [0.25, 0.3) is 11.0 Å². The number of aryl methyl sites for hydroxylation is 2. The molecule has 0 aliphatic rings. The van der Waals surface area contributed by atoms with Crippen molar-refractivity contribution in [2.75, 3.05) is 11.5 Å². The third-order valence-electron chi connectivity index (χ3n) is 4.67. The fourth-order valence-corrected chi connectivity index (χ4v) is 3.67. The number of carboxylic acid groups (broad SMARTS) is 1. The first-order valence-corrected chi connectivity index (χ1v) is 10.3. The Balaban J connectivity index is 2.12. The van der Waals surface area contributed by atoms with Gasteiger partial charge in [0.25, 0.3) is 0 Å². The molecule has 7 nitrogen and oxygen atoms in total. The van der Waals surface area contributed by atoms with Gasteiger partial charge in [-0.1, -0.05) is 6.92 Å². The van der Waals surface area contributed by atoms with E-state index in [9.17, 15) is 24.6 Å². The number of carbonyl (C=O) groups excluding carboxylic acids is 1. The fourth-order valence-electron chi connectivity index (χ4n) is 2.98. The van der Waals surface area contributed by atoms with E-state index >= 15 is 0 Å². The molecule has 1 heterocycles. The maximum absolute atomic E-state index is 12.4. The topological polar surface area (TPSA) is 117 Å². The second kappa shape index (κ2) is 9.64. The van der Waals surface area contributed by atoms with Crippen LogP contribution in [0.5, 0.6) is 5.75 Å². The molecule has 28 heavy (non-hydrogen) atoms. The quantitative estimate of drug-likeness (QED) is 0.432. The number of hydrogen-bond acceptors (Lipinski definition) is 6. The van der Waals surface area contributed by atoms with Crippen LogP contribution < -0.4 is 10.9 Å². The van der Waals surface area contributed by atoms with E-state index in [1.807, 2.05) is 6.92 Å². The summed E-state index contributed by atoms with van der Waals surface area (Å²) < 4.78 is 5.36. The van der Waals surface area contributed by atoms with E-state index in [0.717, 1.165) is 5.75 Å². The minimum atomic E-state index is -1.07. The Kier molecular flexibility index (Phi) is 7.51. The third-order valence-corrected chi connectivity index (χ3v) is 5.60. The maximum Gasteiger partial charge on any atom is 0.339 e. The lowest BCUT2D eigenvalue weighted by molar-refractivity contribution is -0.141. The monoisotopic (exact) mass is 407 g/mol. The van der Waals surface area contributed by atoms with E-state index in [-0.39, 0.29) is 18.6 Å². The highest BCUT2D eigenvalue weighted by Crippen LogP contribution is 2.28. The molecule has 2 rings (SSSR count). The van der Waals surface area contributed by atoms with Gasteiger partial charge in [0.1, 0.15) is 17.4 Å². The molecule has 1 amide bonds. The van der Waals surface area contributed by atoms with Gasteiger partial charge in [-0.25, -0.2) is 9.59 Å². The average molecular weight is 407 g/mol. The van der Waals surface area contributed by atoms with Crippen LogP contribution in [-0.2, 0) is 16.0 Å². The molecule has 1 atom stereocenters. The first-order valence-electron chi connectivity index (χ1n) is 9.11. The highest BCUT2D eigenvalue weighted by atomic mass is 32.2. The average Bonchev–Trinajstić information content (AvgIpc) is 2.64. The van der Waals surface area contributed by atoms with Crippen molar-refractivity contribution in [2.45, 2.75) is 46.1 Å². The highest BCUT2D eigenvalue weighted by Gasteiger charge is 2.20. The molecule has 0 radical (unpaired) electrons. The first-order chi connectivity index (χ1) is 13.3. The van der Waals surface area contributed by atoms with Gasteiger partial charge in [-0.2, -0.15) is 11.8 Å². The van der Waals surface area contributed by atoms with Gasteiger partial charge in [0.15, 0.2) is 0 Å². The van der Waals surface area contributed by atoms with Crippen LogP contribution in [-0.4, -0.2) is 39.6 Å². The molecule has 3 N–H and O–H groups in total. The molecule has 8 heteroatoms. The number of fused-ring (bicyclic) bond motifs is 1. The number of phenolic OH excluding ortho intramolecular Hbond substituents is 1. The molecule has 0 saturated heterocycles. The van der Waals surface area contributed by atoms with Gasteiger partial charge in [-0.3, -0.25) is 4.79 Å². The van der Waals surface area contributed by atoms with Crippen molar-refractivity contribution < 1.29 is 24.2 Å². The van der Waals surface area contributed by atoms with Crippen molar-refractivity contribution in [1.82, 2.24) is 5.32 Å². The summed E-state index contributed by atoms with van der Waals surface area (Å²) in [4.78, 5) is 35.9. The van der Waals surface area contributed by atoms with Gasteiger partial charge in [0, 0.05) is 22.9 Å². The minimum Gasteiger partial charge on any atom is -0.508 e. The number of nitrogens with one attached hydrogen (secondary N) is 1. The van der Waals surface area contributed by atoms with E-state index < -0.39 is 23.5 Å². The van der Waals surface area contributed by atoms with Crippen molar-refractivity contribution in [2.24, 2.45) is 0 Å². The van der Waals surface area contributed by atoms with Gasteiger partial charge in [-0.15, -0.1) is 0 Å². The lowest BCUT2D eigenvalue weighted by Crippen LogP contribution is -2.41. The molecule has 1 aromatic carbocycles. The fraction of sp³-hybridized carbons (Fsp3) is 0.450. The van der Waals surface area contributed by atoms with Gasteiger partial charge < -0.3 is 19.9 Å². The predicted octanol–water partition coefficient (Wildman–Crippen LogP) is 2.76. The molecule has 0 bridgehead atoms. The summed E-state index contributed by atoms with van der Waals surface area (Å²) >= 11 is 1.61. The summed E-state index contributed by atoms with van der Waals surface area (Å²) in [5.41, 5.74) is 1.32. The van der Waals surface area contributed by atoms with Gasteiger partial charge >= 0.3 is 11.6 Å². The lowest BCUT2D eigenvalue weighted by Gasteiger charge is -2.14. The number of aliphatic carboxylic acids is 1. The van der Waals surface area contributed by atoms with Gasteiger partial charge in [0.05, 0.1) is 0 Å². The Hall–Kier alpha value is -2.48. The Bertz CT molecular complexity index is 936. The third kappa shape index (κ3) is 5.07. The number of amides is 1. The molecular weight excluding hydrogens is 382 g/mol. The van der Waals surface area contributed by atoms with Crippen LogP contribution in [0.4, 0.5) is 0 Å². The number of carboxylic acids is 1. The predicted molar refractivity (Wildman–Crippen MR) is 109 cm³/mol. The second-order valence-electron chi connectivity index (χ2n) is 6.52. The highest BCUT2D eigenvalue weighted by molar-refractivity contribution is 7.99. The summed E-state index contributed by atoms with van der Waals surface area (Å²) in [5.74, 6) is 0.0848. The van der Waals surface area contributed by atoms with Crippen molar-refractivity contribution in [3.05, 3.63) is 39.2 Å². The van der Waals surface area contributed by atoms with Gasteiger partial charge in [0.2, 0.25) is 5.91 Å². The summed E-state index contributed by atoms with van der Waals surface area (Å²) in [5, 5.41) is 22.3. The summed E-state index contributed by atoms with van der Waals surface area (Å²) in [6.45, 7) is 5.42. The zero-order valence-corrected chi connectivity index (χ0v) is 17.0. The van der Waals surface area contributed by atoms with Crippen molar-refractivity contribution in [1.29, 1.82) is 0 Å². The van der Waals surface area contributed by atoms with E-state index in [0.29, 0.717) is 39.8 Å². The number of rotatable bonds is 9. The minimum absolute atomic E-state index is 0.0150. The van der Waals surface area contributed by atoms with E-state index in [4.69, 9.17) is 4.42 Å². The SMILES string of the molecule is CCSCCC(NC(=O)CCc1c(C)c2ccc(O)c(C)c2oc1=O)C(=O)O.